The van der Waals surface area contributed by atoms with Gasteiger partial charge in [-0.2, -0.15) is 0 Å². The predicted octanol–water partition coefficient (Wildman–Crippen LogP) is 1.62. The Bertz CT molecular complexity index is 107. The van der Waals surface area contributed by atoms with Crippen molar-refractivity contribution in [3.8, 4) is 0 Å². The maximum atomic E-state index is 10.8. The first-order valence-corrected chi connectivity index (χ1v) is 3.28. The van der Waals surface area contributed by atoms with Crippen molar-refractivity contribution >= 4 is 5.78 Å². The molecule has 1 rings (SSSR count). The van der Waals surface area contributed by atoms with E-state index in [-0.39, 0.29) is 0 Å². The second-order valence-electron chi connectivity index (χ2n) is 2.64. The summed E-state index contributed by atoms with van der Waals surface area (Å²) in [5, 5.41) is 0. The lowest BCUT2D eigenvalue weighted by molar-refractivity contribution is -0.120. The monoisotopic (exact) mass is 112 g/mol. The number of rotatable bonds is 2. The average Bonchev–Trinajstić information content (AvgIpc) is 2.45. The maximum Gasteiger partial charge on any atom is 0.135 e. The molecule has 1 nitrogen and oxygen atoms in total. The average molecular weight is 112 g/mol. The van der Waals surface area contributed by atoms with Crippen LogP contribution in [0.25, 0.3) is 0 Å². The van der Waals surface area contributed by atoms with Gasteiger partial charge in [0, 0.05) is 12.3 Å². The van der Waals surface area contributed by atoms with Crippen LogP contribution in [0.5, 0.6) is 0 Å². The van der Waals surface area contributed by atoms with Gasteiger partial charge in [0.1, 0.15) is 5.78 Å². The fraction of sp³-hybridized carbons (Fsp3) is 0.857. The highest BCUT2D eigenvalue weighted by Gasteiger charge is 2.37. The highest BCUT2D eigenvalue weighted by Crippen LogP contribution is 2.38. The molecule has 1 aliphatic carbocycles. The molecule has 0 bridgehead atoms. The van der Waals surface area contributed by atoms with Gasteiger partial charge in [-0.15, -0.1) is 0 Å². The third kappa shape index (κ3) is 0.908. The summed E-state index contributed by atoms with van der Waals surface area (Å²) in [6, 6.07) is 0. The van der Waals surface area contributed by atoms with Crippen molar-refractivity contribution in [2.24, 2.45) is 11.8 Å². The fourth-order valence-electron chi connectivity index (χ4n) is 1.03. The van der Waals surface area contributed by atoms with Crippen LogP contribution in [0.15, 0.2) is 0 Å². The molecule has 0 unspecified atom stereocenters. The molecular formula is C7H12O. The van der Waals surface area contributed by atoms with Gasteiger partial charge in [0.05, 0.1) is 0 Å². The molecule has 2 atom stereocenters. The maximum absolute atomic E-state index is 10.8. The van der Waals surface area contributed by atoms with E-state index in [0.29, 0.717) is 17.6 Å². The van der Waals surface area contributed by atoms with Gasteiger partial charge in [-0.25, -0.2) is 0 Å². The van der Waals surface area contributed by atoms with Crippen LogP contribution in [0.2, 0.25) is 0 Å². The van der Waals surface area contributed by atoms with Crippen LogP contribution in [-0.4, -0.2) is 5.78 Å². The van der Waals surface area contributed by atoms with Crippen molar-refractivity contribution in [1.29, 1.82) is 0 Å². The fourth-order valence-corrected chi connectivity index (χ4v) is 1.03. The minimum Gasteiger partial charge on any atom is -0.299 e. The molecule has 0 aromatic carbocycles. The van der Waals surface area contributed by atoms with Crippen LogP contribution < -0.4 is 0 Å². The number of hydrogen-bond donors (Lipinski definition) is 0. The first kappa shape index (κ1) is 5.80. The minimum absolute atomic E-state index is 0.444. The normalized spacial score (nSPS) is 34.8. The molecule has 46 valence electrons. The lowest BCUT2D eigenvalue weighted by Crippen LogP contribution is -1.97. The van der Waals surface area contributed by atoms with Crippen molar-refractivity contribution in [3.05, 3.63) is 0 Å². The van der Waals surface area contributed by atoms with Gasteiger partial charge in [-0.3, -0.25) is 4.79 Å². The van der Waals surface area contributed by atoms with Crippen LogP contribution in [0, 0.1) is 11.8 Å². The van der Waals surface area contributed by atoms with E-state index >= 15 is 0 Å². The Morgan fingerprint density at radius 3 is 2.38 bits per heavy atom. The molecule has 0 saturated heterocycles. The van der Waals surface area contributed by atoms with E-state index in [9.17, 15) is 4.79 Å². The Morgan fingerprint density at radius 1 is 1.75 bits per heavy atom. The summed E-state index contributed by atoms with van der Waals surface area (Å²) in [5.41, 5.74) is 0. The topological polar surface area (TPSA) is 17.1 Å². The van der Waals surface area contributed by atoms with Gasteiger partial charge in [-0.05, 0) is 12.3 Å². The van der Waals surface area contributed by atoms with Gasteiger partial charge in [0.25, 0.3) is 0 Å². The summed E-state index contributed by atoms with van der Waals surface area (Å²) in [4.78, 5) is 10.8. The Hall–Kier alpha value is -0.330. The van der Waals surface area contributed by atoms with Crippen LogP contribution >= 0.6 is 0 Å². The number of carbonyl (C=O) groups is 1. The van der Waals surface area contributed by atoms with E-state index in [0.717, 1.165) is 12.8 Å². The molecule has 1 heteroatoms. The largest absolute Gasteiger partial charge is 0.299 e. The highest BCUT2D eigenvalue weighted by atomic mass is 16.1. The lowest BCUT2D eigenvalue weighted by atomic mass is 10.2. The number of ketones is 1. The second-order valence-corrected chi connectivity index (χ2v) is 2.64. The predicted molar refractivity (Wildman–Crippen MR) is 32.6 cm³/mol. The molecular weight excluding hydrogens is 100 g/mol. The molecule has 0 radical (unpaired) electrons. The molecule has 0 N–H and O–H groups in total. The van der Waals surface area contributed by atoms with Gasteiger partial charge >= 0.3 is 0 Å². The van der Waals surface area contributed by atoms with Gasteiger partial charge in [0.2, 0.25) is 0 Å². The Balaban J connectivity index is 2.28. The van der Waals surface area contributed by atoms with Crippen molar-refractivity contribution in [2.45, 2.75) is 26.7 Å². The Morgan fingerprint density at radius 2 is 2.25 bits per heavy atom. The zero-order chi connectivity index (χ0) is 6.15. The van der Waals surface area contributed by atoms with Crippen LogP contribution in [0.3, 0.4) is 0 Å². The second kappa shape index (κ2) is 1.88. The molecule has 0 aliphatic heterocycles. The molecule has 0 amide bonds. The summed E-state index contributed by atoms with van der Waals surface area (Å²) in [5.74, 6) is 1.60. The zero-order valence-electron chi connectivity index (χ0n) is 5.48. The first-order valence-electron chi connectivity index (χ1n) is 3.28. The van der Waals surface area contributed by atoms with E-state index in [1.165, 1.54) is 0 Å². The molecule has 0 spiro atoms. The third-order valence-corrected chi connectivity index (χ3v) is 1.87. The van der Waals surface area contributed by atoms with E-state index in [1.54, 1.807) is 0 Å². The summed E-state index contributed by atoms with van der Waals surface area (Å²) in [7, 11) is 0. The van der Waals surface area contributed by atoms with E-state index in [4.69, 9.17) is 0 Å². The number of hydrogen-bond acceptors (Lipinski definition) is 1. The van der Waals surface area contributed by atoms with Crippen molar-refractivity contribution in [2.75, 3.05) is 0 Å². The Labute approximate surface area is 50.1 Å². The molecule has 1 aliphatic rings. The van der Waals surface area contributed by atoms with Crippen LogP contribution in [0.1, 0.15) is 26.7 Å². The quantitative estimate of drug-likeness (QED) is 0.530. The van der Waals surface area contributed by atoms with Crippen LogP contribution in [0.4, 0.5) is 0 Å². The minimum atomic E-state index is 0.444. The number of Topliss-reactive ketones (excluding diaryl/α,β-unsaturated/α-hetero) is 1. The first-order chi connectivity index (χ1) is 3.75. The zero-order valence-corrected chi connectivity index (χ0v) is 5.48. The summed E-state index contributed by atoms with van der Waals surface area (Å²) in [6.07, 6.45) is 1.88. The highest BCUT2D eigenvalue weighted by molar-refractivity contribution is 5.83. The SMILES string of the molecule is CCC(=O)[C@H]1C[C@H]1C. The van der Waals surface area contributed by atoms with Crippen molar-refractivity contribution in [1.82, 2.24) is 0 Å². The van der Waals surface area contributed by atoms with Gasteiger partial charge in [0.15, 0.2) is 0 Å². The summed E-state index contributed by atoms with van der Waals surface area (Å²) in [6.45, 7) is 4.08. The smallest absolute Gasteiger partial charge is 0.135 e. The van der Waals surface area contributed by atoms with E-state index in [2.05, 4.69) is 6.92 Å². The molecule has 1 saturated carbocycles. The van der Waals surface area contributed by atoms with Crippen molar-refractivity contribution < 1.29 is 4.79 Å². The molecule has 0 aromatic heterocycles. The summed E-state index contributed by atoms with van der Waals surface area (Å²) >= 11 is 0. The Kier molecular flexibility index (Phi) is 1.37. The van der Waals surface area contributed by atoms with Gasteiger partial charge in [-0.1, -0.05) is 13.8 Å². The molecule has 1 fully saturated rings. The molecule has 0 aromatic rings. The van der Waals surface area contributed by atoms with Crippen LogP contribution in [-0.2, 0) is 4.79 Å². The molecule has 8 heavy (non-hydrogen) atoms. The standard InChI is InChI=1S/C7H12O/c1-3-7(8)6-4-5(6)2/h5-6H,3-4H2,1-2H3/t5-,6+/m1/s1. The van der Waals surface area contributed by atoms with Gasteiger partial charge < -0.3 is 0 Å². The van der Waals surface area contributed by atoms with Crippen molar-refractivity contribution in [3.63, 3.8) is 0 Å². The molecule has 0 heterocycles. The van der Waals surface area contributed by atoms with E-state index in [1.807, 2.05) is 6.92 Å². The number of carbonyl (C=O) groups excluding carboxylic acids is 1. The van der Waals surface area contributed by atoms with E-state index < -0.39 is 0 Å². The lowest BCUT2D eigenvalue weighted by Gasteiger charge is -1.87. The third-order valence-electron chi connectivity index (χ3n) is 1.87. The summed E-state index contributed by atoms with van der Waals surface area (Å²) < 4.78 is 0.